The third-order valence-electron chi connectivity index (χ3n) is 8.46. The smallest absolute Gasteiger partial charge is 0.165 e. The number of benzene rings is 3. The summed E-state index contributed by atoms with van der Waals surface area (Å²) in [4.78, 5) is 55.4. The summed E-state index contributed by atoms with van der Waals surface area (Å²) in [6, 6.07) is 18.7. The third kappa shape index (κ3) is 5.92. The standard InChI is InChI=1S/C38H33N13/c1-18-39-19(2)44-35(43-18)26-11-14-32(31(15-26)38-49-24(7)42-25(8)50-38)51-33-16-27(36-45-20(3)40-21(4)46-36)9-12-29(33)30-13-10-28(17-34(30)51)37-47-22(5)41-23(6)48-37/h9-17H,1-8H3. The maximum absolute atomic E-state index is 4.83. The molecular weight excluding hydrogens is 639 g/mol. The molecule has 0 saturated heterocycles. The molecule has 250 valence electrons. The number of aryl methyl sites for hydroxylation is 8. The fraction of sp³-hybridized carbons (Fsp3) is 0.211. The van der Waals surface area contributed by atoms with Gasteiger partial charge in [0.15, 0.2) is 23.3 Å². The van der Waals surface area contributed by atoms with Crippen molar-refractivity contribution in [3.8, 4) is 51.2 Å². The van der Waals surface area contributed by atoms with Crippen LogP contribution >= 0.6 is 0 Å². The van der Waals surface area contributed by atoms with Gasteiger partial charge in [-0.15, -0.1) is 0 Å². The van der Waals surface area contributed by atoms with E-state index in [-0.39, 0.29) is 0 Å². The molecule has 0 atom stereocenters. The van der Waals surface area contributed by atoms with E-state index >= 15 is 0 Å². The van der Waals surface area contributed by atoms with Gasteiger partial charge in [-0.25, -0.2) is 59.8 Å². The van der Waals surface area contributed by atoms with Crippen LogP contribution in [-0.2, 0) is 0 Å². The lowest BCUT2D eigenvalue weighted by molar-refractivity contribution is 0.923. The summed E-state index contributed by atoms with van der Waals surface area (Å²) in [7, 11) is 0. The monoisotopic (exact) mass is 671 g/mol. The van der Waals surface area contributed by atoms with Gasteiger partial charge in [-0.05, 0) is 85.7 Å². The molecule has 8 rings (SSSR count). The lowest BCUT2D eigenvalue weighted by atomic mass is 10.1. The molecular formula is C38H33N13. The van der Waals surface area contributed by atoms with Gasteiger partial charge < -0.3 is 4.57 Å². The molecule has 0 aliphatic rings. The predicted molar refractivity (Wildman–Crippen MR) is 194 cm³/mol. The Morgan fingerprint density at radius 3 is 1.02 bits per heavy atom. The van der Waals surface area contributed by atoms with E-state index in [9.17, 15) is 0 Å². The molecule has 13 nitrogen and oxygen atoms in total. The van der Waals surface area contributed by atoms with Gasteiger partial charge in [0.2, 0.25) is 0 Å². The van der Waals surface area contributed by atoms with Crippen molar-refractivity contribution < 1.29 is 0 Å². The Kier molecular flexibility index (Phi) is 7.55. The summed E-state index contributed by atoms with van der Waals surface area (Å²) in [5.41, 5.74) is 6.07. The highest BCUT2D eigenvalue weighted by atomic mass is 15.1. The van der Waals surface area contributed by atoms with Crippen LogP contribution in [0.2, 0.25) is 0 Å². The van der Waals surface area contributed by atoms with Crippen molar-refractivity contribution >= 4 is 21.8 Å². The van der Waals surface area contributed by atoms with Crippen molar-refractivity contribution in [2.24, 2.45) is 0 Å². The van der Waals surface area contributed by atoms with Crippen LogP contribution in [-0.4, -0.2) is 64.4 Å². The van der Waals surface area contributed by atoms with Crippen LogP contribution in [0.1, 0.15) is 46.6 Å². The van der Waals surface area contributed by atoms with E-state index in [1.165, 1.54) is 0 Å². The van der Waals surface area contributed by atoms with E-state index in [0.29, 0.717) is 69.9 Å². The van der Waals surface area contributed by atoms with E-state index < -0.39 is 0 Å². The number of hydrogen-bond donors (Lipinski definition) is 0. The zero-order valence-electron chi connectivity index (χ0n) is 29.5. The zero-order valence-corrected chi connectivity index (χ0v) is 29.5. The normalized spacial score (nSPS) is 11.5. The largest absolute Gasteiger partial charge is 0.308 e. The minimum atomic E-state index is 0.536. The van der Waals surface area contributed by atoms with Gasteiger partial charge in [0.25, 0.3) is 0 Å². The van der Waals surface area contributed by atoms with Gasteiger partial charge in [0.1, 0.15) is 46.6 Å². The Morgan fingerprint density at radius 1 is 0.333 bits per heavy atom. The Balaban J connectivity index is 1.47. The summed E-state index contributed by atoms with van der Waals surface area (Å²) in [6.45, 7) is 15.0. The van der Waals surface area contributed by atoms with Crippen LogP contribution in [0.4, 0.5) is 0 Å². The third-order valence-corrected chi connectivity index (χ3v) is 8.46. The van der Waals surface area contributed by atoms with Crippen LogP contribution in [0.15, 0.2) is 54.6 Å². The fourth-order valence-electron chi connectivity index (χ4n) is 6.58. The highest BCUT2D eigenvalue weighted by Gasteiger charge is 2.21. The molecule has 0 amide bonds. The van der Waals surface area contributed by atoms with Gasteiger partial charge in [0, 0.05) is 33.0 Å². The SMILES string of the molecule is Cc1nc(C)nc(-c2ccc(-n3c4cc(-c5nc(C)nc(C)n5)ccc4c4ccc(-c5nc(C)nc(C)n5)cc43)c(-c3nc(C)nc(C)n3)c2)n1. The Bertz CT molecular complexity index is 2510. The fourth-order valence-corrected chi connectivity index (χ4v) is 6.58. The number of fused-ring (bicyclic) bond motifs is 3. The summed E-state index contributed by atoms with van der Waals surface area (Å²) < 4.78 is 2.23. The first kappa shape index (κ1) is 31.7. The quantitative estimate of drug-likeness (QED) is 0.192. The van der Waals surface area contributed by atoms with Crippen LogP contribution in [0.5, 0.6) is 0 Å². The number of nitrogens with zero attached hydrogens (tertiary/aromatic N) is 13. The second-order valence-corrected chi connectivity index (χ2v) is 12.5. The first-order chi connectivity index (χ1) is 24.5. The van der Waals surface area contributed by atoms with Gasteiger partial charge in [-0.1, -0.05) is 24.3 Å². The molecule has 5 aromatic heterocycles. The molecule has 0 aliphatic heterocycles. The predicted octanol–water partition coefficient (Wildman–Crippen LogP) is 6.66. The zero-order chi connectivity index (χ0) is 35.6. The van der Waals surface area contributed by atoms with E-state index in [2.05, 4.69) is 96.9 Å². The summed E-state index contributed by atoms with van der Waals surface area (Å²) >= 11 is 0. The minimum Gasteiger partial charge on any atom is -0.308 e. The van der Waals surface area contributed by atoms with Crippen molar-refractivity contribution in [1.29, 1.82) is 0 Å². The summed E-state index contributed by atoms with van der Waals surface area (Å²) in [5, 5.41) is 2.10. The maximum Gasteiger partial charge on any atom is 0.165 e. The Morgan fingerprint density at radius 2 is 0.647 bits per heavy atom. The Hall–Kier alpha value is -6.50. The summed E-state index contributed by atoms with van der Waals surface area (Å²) in [6.07, 6.45) is 0. The highest BCUT2D eigenvalue weighted by Crippen LogP contribution is 2.39. The summed E-state index contributed by atoms with van der Waals surface area (Å²) in [5.74, 6) is 7.49. The van der Waals surface area contributed by atoms with E-state index in [1.807, 2.05) is 67.5 Å². The molecule has 0 spiro atoms. The average molecular weight is 672 g/mol. The topological polar surface area (TPSA) is 160 Å². The molecule has 5 heterocycles. The van der Waals surface area contributed by atoms with E-state index in [0.717, 1.165) is 49.7 Å². The molecule has 51 heavy (non-hydrogen) atoms. The van der Waals surface area contributed by atoms with Crippen LogP contribution < -0.4 is 0 Å². The first-order valence-electron chi connectivity index (χ1n) is 16.5. The maximum atomic E-state index is 4.83. The lowest BCUT2D eigenvalue weighted by Gasteiger charge is -2.16. The van der Waals surface area contributed by atoms with Crippen LogP contribution in [0, 0.1) is 55.4 Å². The van der Waals surface area contributed by atoms with Crippen molar-refractivity contribution in [2.45, 2.75) is 55.4 Å². The molecule has 0 unspecified atom stereocenters. The van der Waals surface area contributed by atoms with Crippen molar-refractivity contribution in [3.05, 3.63) is 101 Å². The van der Waals surface area contributed by atoms with Crippen molar-refractivity contribution in [1.82, 2.24) is 64.4 Å². The van der Waals surface area contributed by atoms with Crippen LogP contribution in [0.25, 0.3) is 73.0 Å². The van der Waals surface area contributed by atoms with E-state index in [1.54, 1.807) is 0 Å². The molecule has 8 aromatic rings. The lowest BCUT2D eigenvalue weighted by Crippen LogP contribution is -2.05. The van der Waals surface area contributed by atoms with E-state index in [4.69, 9.17) is 9.97 Å². The molecule has 0 aliphatic carbocycles. The molecule has 0 N–H and O–H groups in total. The molecule has 3 aromatic carbocycles. The van der Waals surface area contributed by atoms with Gasteiger partial charge >= 0.3 is 0 Å². The van der Waals surface area contributed by atoms with Crippen molar-refractivity contribution in [2.75, 3.05) is 0 Å². The molecule has 0 saturated carbocycles. The molecule has 0 radical (unpaired) electrons. The number of hydrogen-bond acceptors (Lipinski definition) is 12. The number of aromatic nitrogens is 13. The highest BCUT2D eigenvalue weighted by molar-refractivity contribution is 6.11. The Labute approximate surface area is 293 Å². The van der Waals surface area contributed by atoms with Crippen molar-refractivity contribution in [3.63, 3.8) is 0 Å². The average Bonchev–Trinajstić information content (AvgIpc) is 3.39. The van der Waals surface area contributed by atoms with Gasteiger partial charge in [-0.3, -0.25) is 0 Å². The first-order valence-corrected chi connectivity index (χ1v) is 16.5. The van der Waals surface area contributed by atoms with Gasteiger partial charge in [-0.2, -0.15) is 0 Å². The molecule has 13 heteroatoms. The van der Waals surface area contributed by atoms with Gasteiger partial charge in [0.05, 0.1) is 16.7 Å². The molecule has 0 fully saturated rings. The second kappa shape index (κ2) is 12.1. The second-order valence-electron chi connectivity index (χ2n) is 12.5. The number of rotatable bonds is 5. The van der Waals surface area contributed by atoms with Crippen LogP contribution in [0.3, 0.4) is 0 Å². The molecule has 0 bridgehead atoms. The minimum absolute atomic E-state index is 0.536.